The number of carbonyl (C=O) groups is 1. The summed E-state index contributed by atoms with van der Waals surface area (Å²) in [4.78, 5) is 11.1. The van der Waals surface area contributed by atoms with Crippen LogP contribution in [0.1, 0.15) is 15.9 Å². The van der Waals surface area contributed by atoms with E-state index in [0.29, 0.717) is 6.07 Å². The zero-order valence-corrected chi connectivity index (χ0v) is 8.19. The van der Waals surface area contributed by atoms with Gasteiger partial charge in [0.2, 0.25) is 0 Å². The predicted molar refractivity (Wildman–Crippen MR) is 50.9 cm³/mol. The lowest BCUT2D eigenvalue weighted by molar-refractivity contribution is -0.137. The van der Waals surface area contributed by atoms with Gasteiger partial charge in [-0.05, 0) is 18.2 Å². The maximum absolute atomic E-state index is 12.3. The molecule has 0 aliphatic heterocycles. The molecule has 0 spiro atoms. The number of Topliss-reactive ketones (excluding diaryl/α,β-unsaturated/α-hetero) is 1. The molecule has 0 saturated heterocycles. The standard InChI is InChI=1S/C9H7ClF3NO/c10-4-8(15)6-3-5(9(11,12)13)1-2-7(6)14/h1-3H,4,14H2. The van der Waals surface area contributed by atoms with Crippen molar-refractivity contribution < 1.29 is 18.0 Å². The van der Waals surface area contributed by atoms with Crippen LogP contribution in [0.25, 0.3) is 0 Å². The van der Waals surface area contributed by atoms with Gasteiger partial charge in [-0.2, -0.15) is 13.2 Å². The maximum Gasteiger partial charge on any atom is 0.416 e. The number of nitrogen functional groups attached to an aromatic ring is 1. The van der Waals surface area contributed by atoms with Gasteiger partial charge < -0.3 is 5.73 Å². The third-order valence-electron chi connectivity index (χ3n) is 1.80. The molecule has 2 N–H and O–H groups in total. The van der Waals surface area contributed by atoms with Crippen molar-refractivity contribution in [2.45, 2.75) is 6.18 Å². The number of alkyl halides is 4. The molecule has 82 valence electrons. The van der Waals surface area contributed by atoms with Gasteiger partial charge in [-0.25, -0.2) is 0 Å². The smallest absolute Gasteiger partial charge is 0.398 e. The number of carbonyl (C=O) groups excluding carboxylic acids is 1. The lowest BCUT2D eigenvalue weighted by atomic mass is 10.1. The number of rotatable bonds is 2. The first kappa shape index (κ1) is 11.8. The van der Waals surface area contributed by atoms with Gasteiger partial charge in [-0.3, -0.25) is 4.79 Å². The number of nitrogens with two attached hydrogens (primary N) is 1. The van der Waals surface area contributed by atoms with Gasteiger partial charge >= 0.3 is 6.18 Å². The van der Waals surface area contributed by atoms with E-state index in [1.807, 2.05) is 0 Å². The fourth-order valence-corrected chi connectivity index (χ4v) is 1.19. The molecule has 1 aromatic rings. The predicted octanol–water partition coefficient (Wildman–Crippen LogP) is 2.71. The highest BCUT2D eigenvalue weighted by Gasteiger charge is 2.31. The molecule has 0 atom stereocenters. The van der Waals surface area contributed by atoms with Crippen molar-refractivity contribution in [3.8, 4) is 0 Å². The molecular weight excluding hydrogens is 231 g/mol. The second-order valence-electron chi connectivity index (χ2n) is 2.86. The van der Waals surface area contributed by atoms with Crippen molar-refractivity contribution in [3.63, 3.8) is 0 Å². The molecule has 0 fully saturated rings. The van der Waals surface area contributed by atoms with Gasteiger partial charge in [0, 0.05) is 11.3 Å². The Hall–Kier alpha value is -1.23. The van der Waals surface area contributed by atoms with E-state index < -0.39 is 23.4 Å². The van der Waals surface area contributed by atoms with Crippen molar-refractivity contribution in [1.29, 1.82) is 0 Å². The molecule has 1 aromatic carbocycles. The topological polar surface area (TPSA) is 43.1 Å². The first-order valence-corrected chi connectivity index (χ1v) is 4.45. The Morgan fingerprint density at radius 2 is 2.00 bits per heavy atom. The summed E-state index contributed by atoms with van der Waals surface area (Å²) in [7, 11) is 0. The Kier molecular flexibility index (Phi) is 3.24. The second kappa shape index (κ2) is 4.10. The van der Waals surface area contributed by atoms with E-state index in [9.17, 15) is 18.0 Å². The summed E-state index contributed by atoms with van der Waals surface area (Å²) in [6.45, 7) is 0. The molecule has 2 nitrogen and oxygen atoms in total. The summed E-state index contributed by atoms with van der Waals surface area (Å²) < 4.78 is 36.8. The van der Waals surface area contributed by atoms with Crippen LogP contribution in [0.3, 0.4) is 0 Å². The van der Waals surface area contributed by atoms with Gasteiger partial charge in [0.1, 0.15) is 0 Å². The van der Waals surface area contributed by atoms with Crippen LogP contribution in [0.2, 0.25) is 0 Å². The minimum Gasteiger partial charge on any atom is -0.398 e. The summed E-state index contributed by atoms with van der Waals surface area (Å²) >= 11 is 5.24. The summed E-state index contributed by atoms with van der Waals surface area (Å²) in [5.74, 6) is -1.02. The van der Waals surface area contributed by atoms with E-state index >= 15 is 0 Å². The highest BCUT2D eigenvalue weighted by molar-refractivity contribution is 6.31. The average Bonchev–Trinajstić information content (AvgIpc) is 2.15. The SMILES string of the molecule is Nc1ccc(C(F)(F)F)cc1C(=O)CCl. The molecule has 0 bridgehead atoms. The Morgan fingerprint density at radius 1 is 1.40 bits per heavy atom. The number of ketones is 1. The van der Waals surface area contributed by atoms with Crippen LogP contribution >= 0.6 is 11.6 Å². The zero-order valence-electron chi connectivity index (χ0n) is 7.44. The minimum absolute atomic E-state index is 0.00588. The normalized spacial score (nSPS) is 11.5. The molecule has 0 saturated carbocycles. The van der Waals surface area contributed by atoms with Gasteiger partial charge in [-0.1, -0.05) is 0 Å². The minimum atomic E-state index is -4.49. The van der Waals surface area contributed by atoms with Gasteiger partial charge in [0.25, 0.3) is 0 Å². The Morgan fingerprint density at radius 3 is 2.47 bits per heavy atom. The van der Waals surface area contributed by atoms with Crippen LogP contribution in [0.5, 0.6) is 0 Å². The van der Waals surface area contributed by atoms with Crippen LogP contribution in [0, 0.1) is 0 Å². The van der Waals surface area contributed by atoms with Crippen molar-refractivity contribution in [2.75, 3.05) is 11.6 Å². The van der Waals surface area contributed by atoms with Crippen LogP contribution in [0.4, 0.5) is 18.9 Å². The first-order chi connectivity index (χ1) is 6.86. The Labute approximate surface area is 88.8 Å². The van der Waals surface area contributed by atoms with Gasteiger partial charge in [-0.15, -0.1) is 11.6 Å². The van der Waals surface area contributed by atoms with Crippen LogP contribution < -0.4 is 5.73 Å². The van der Waals surface area contributed by atoms with Gasteiger partial charge in [0.05, 0.1) is 11.4 Å². The molecule has 0 amide bonds. The van der Waals surface area contributed by atoms with Crippen molar-refractivity contribution >= 4 is 23.1 Å². The summed E-state index contributed by atoms with van der Waals surface area (Å²) in [5.41, 5.74) is 4.25. The molecule has 0 unspecified atom stereocenters. The highest BCUT2D eigenvalue weighted by Crippen LogP contribution is 2.31. The molecular formula is C9H7ClF3NO. The Balaban J connectivity index is 3.23. The molecule has 0 aliphatic rings. The van der Waals surface area contributed by atoms with E-state index in [4.69, 9.17) is 17.3 Å². The third-order valence-corrected chi connectivity index (χ3v) is 2.05. The van der Waals surface area contributed by atoms with E-state index in [1.54, 1.807) is 0 Å². The lowest BCUT2D eigenvalue weighted by Crippen LogP contribution is -2.10. The van der Waals surface area contributed by atoms with Gasteiger partial charge in [0.15, 0.2) is 5.78 Å². The quantitative estimate of drug-likeness (QED) is 0.488. The number of halogens is 4. The lowest BCUT2D eigenvalue weighted by Gasteiger charge is -2.09. The number of anilines is 1. The second-order valence-corrected chi connectivity index (χ2v) is 3.12. The van der Waals surface area contributed by atoms with Crippen LogP contribution in [-0.4, -0.2) is 11.7 Å². The summed E-state index contributed by atoms with van der Waals surface area (Å²) in [6, 6.07) is 2.57. The highest BCUT2D eigenvalue weighted by atomic mass is 35.5. The molecule has 1 rings (SSSR count). The molecule has 15 heavy (non-hydrogen) atoms. The number of hydrogen-bond donors (Lipinski definition) is 1. The molecule has 0 radical (unpaired) electrons. The number of hydrogen-bond acceptors (Lipinski definition) is 2. The summed E-state index contributed by atoms with van der Waals surface area (Å²) in [5, 5.41) is 0. The number of benzene rings is 1. The third kappa shape index (κ3) is 2.62. The first-order valence-electron chi connectivity index (χ1n) is 3.92. The van der Waals surface area contributed by atoms with Crippen molar-refractivity contribution in [2.24, 2.45) is 0 Å². The Bertz CT molecular complexity index is 389. The summed E-state index contributed by atoms with van der Waals surface area (Å²) in [6.07, 6.45) is -4.49. The molecule has 0 heterocycles. The largest absolute Gasteiger partial charge is 0.416 e. The fourth-order valence-electron chi connectivity index (χ4n) is 1.05. The molecule has 6 heteroatoms. The van der Waals surface area contributed by atoms with Crippen molar-refractivity contribution in [3.05, 3.63) is 29.3 Å². The van der Waals surface area contributed by atoms with E-state index in [-0.39, 0.29) is 11.3 Å². The molecule has 0 aromatic heterocycles. The van der Waals surface area contributed by atoms with Crippen LogP contribution in [-0.2, 0) is 6.18 Å². The van der Waals surface area contributed by atoms with E-state index in [2.05, 4.69) is 0 Å². The van der Waals surface area contributed by atoms with Crippen LogP contribution in [0.15, 0.2) is 18.2 Å². The monoisotopic (exact) mass is 237 g/mol. The molecule has 0 aliphatic carbocycles. The maximum atomic E-state index is 12.3. The van der Waals surface area contributed by atoms with Crippen molar-refractivity contribution in [1.82, 2.24) is 0 Å². The zero-order chi connectivity index (χ0) is 11.6. The van der Waals surface area contributed by atoms with E-state index in [1.165, 1.54) is 0 Å². The van der Waals surface area contributed by atoms with E-state index in [0.717, 1.165) is 12.1 Å². The fraction of sp³-hybridized carbons (Fsp3) is 0.222. The average molecular weight is 238 g/mol.